The van der Waals surface area contributed by atoms with Crippen molar-refractivity contribution in [1.82, 2.24) is 14.8 Å². The summed E-state index contributed by atoms with van der Waals surface area (Å²) in [5, 5.41) is 4.68. The van der Waals surface area contributed by atoms with Crippen molar-refractivity contribution in [3.63, 3.8) is 0 Å². The van der Waals surface area contributed by atoms with Crippen LogP contribution >= 0.6 is 0 Å². The topological polar surface area (TPSA) is 57.0 Å². The van der Waals surface area contributed by atoms with Gasteiger partial charge in [-0.2, -0.15) is 5.10 Å². The Bertz CT molecular complexity index is 911. The second-order valence-corrected chi connectivity index (χ2v) is 6.02. The molecule has 0 aliphatic carbocycles. The number of Topliss-reactive ketones (excluding diaryl/α,β-unsaturated/α-hetero) is 1. The number of ether oxygens (including phenoxy) is 1. The number of methoxy groups -OCH3 is 1. The van der Waals surface area contributed by atoms with E-state index < -0.39 is 0 Å². The number of hydrogen-bond donors (Lipinski definition) is 0. The van der Waals surface area contributed by atoms with Crippen molar-refractivity contribution in [1.29, 1.82) is 0 Å². The molecule has 0 aliphatic heterocycles. The predicted molar refractivity (Wildman–Crippen MR) is 96.6 cm³/mol. The second kappa shape index (κ2) is 6.89. The van der Waals surface area contributed by atoms with E-state index >= 15 is 0 Å². The highest BCUT2D eigenvalue weighted by Crippen LogP contribution is 2.23. The Kier molecular flexibility index (Phi) is 4.65. The average molecular weight is 335 g/mol. The third-order valence-electron chi connectivity index (χ3n) is 4.41. The maximum atomic E-state index is 11.9. The summed E-state index contributed by atoms with van der Waals surface area (Å²) in [6.45, 7) is 5.62. The van der Waals surface area contributed by atoms with E-state index in [0.717, 1.165) is 34.0 Å². The Morgan fingerprint density at radius 2 is 1.88 bits per heavy atom. The number of hydrogen-bond acceptors (Lipinski definition) is 4. The van der Waals surface area contributed by atoms with E-state index in [2.05, 4.69) is 10.1 Å². The molecule has 0 fully saturated rings. The van der Waals surface area contributed by atoms with Crippen molar-refractivity contribution in [3.8, 4) is 11.4 Å². The van der Waals surface area contributed by atoms with Crippen LogP contribution in [0.25, 0.3) is 5.69 Å². The van der Waals surface area contributed by atoms with Crippen LogP contribution in [-0.4, -0.2) is 27.7 Å². The van der Waals surface area contributed by atoms with Gasteiger partial charge in [0, 0.05) is 35.6 Å². The fraction of sp³-hybridized carbons (Fsp3) is 0.250. The average Bonchev–Trinajstić information content (AvgIpc) is 2.90. The zero-order valence-corrected chi connectivity index (χ0v) is 14.9. The van der Waals surface area contributed by atoms with Gasteiger partial charge in [0.15, 0.2) is 5.78 Å². The van der Waals surface area contributed by atoms with Gasteiger partial charge in [0.1, 0.15) is 5.75 Å². The Hall–Kier alpha value is -2.95. The van der Waals surface area contributed by atoms with Crippen LogP contribution in [-0.2, 0) is 6.42 Å². The van der Waals surface area contributed by atoms with E-state index in [0.29, 0.717) is 12.0 Å². The van der Waals surface area contributed by atoms with Crippen molar-refractivity contribution in [2.45, 2.75) is 27.2 Å². The lowest BCUT2D eigenvalue weighted by Gasteiger charge is -2.08. The Morgan fingerprint density at radius 3 is 2.52 bits per heavy atom. The normalized spacial score (nSPS) is 10.7. The number of ketones is 1. The summed E-state index contributed by atoms with van der Waals surface area (Å²) >= 11 is 0. The van der Waals surface area contributed by atoms with Gasteiger partial charge in [-0.25, -0.2) is 4.68 Å². The van der Waals surface area contributed by atoms with Crippen LogP contribution in [0.15, 0.2) is 42.7 Å². The van der Waals surface area contributed by atoms with Crippen LogP contribution in [0.2, 0.25) is 0 Å². The van der Waals surface area contributed by atoms with Crippen LogP contribution in [0.5, 0.6) is 5.75 Å². The molecule has 2 heterocycles. The quantitative estimate of drug-likeness (QED) is 0.667. The largest absolute Gasteiger partial charge is 0.497 e. The summed E-state index contributed by atoms with van der Waals surface area (Å²) in [5.74, 6) is 0.863. The van der Waals surface area contributed by atoms with E-state index in [-0.39, 0.29) is 5.78 Å². The molecule has 128 valence electrons. The molecule has 0 saturated heterocycles. The fourth-order valence-corrected chi connectivity index (χ4v) is 3.01. The molecule has 3 rings (SSSR count). The summed E-state index contributed by atoms with van der Waals surface area (Å²) < 4.78 is 7.13. The minimum Gasteiger partial charge on any atom is -0.497 e. The molecule has 0 amide bonds. The summed E-state index contributed by atoms with van der Waals surface area (Å²) in [6, 6.07) is 9.57. The third-order valence-corrected chi connectivity index (χ3v) is 4.41. The standard InChI is InChI=1S/C20H21N3O2/c1-13-20(11-16-12-21-10-9-19(16)15(3)24)14(2)23(22-13)17-5-7-18(25-4)8-6-17/h5-10,12H,11H2,1-4H3. The van der Waals surface area contributed by atoms with E-state index in [9.17, 15) is 4.79 Å². The van der Waals surface area contributed by atoms with Crippen LogP contribution in [0.4, 0.5) is 0 Å². The van der Waals surface area contributed by atoms with Gasteiger partial charge in [-0.15, -0.1) is 0 Å². The van der Waals surface area contributed by atoms with E-state index in [4.69, 9.17) is 4.74 Å². The molecule has 0 atom stereocenters. The van der Waals surface area contributed by atoms with Crippen molar-refractivity contribution >= 4 is 5.78 Å². The smallest absolute Gasteiger partial charge is 0.160 e. The summed E-state index contributed by atoms with van der Waals surface area (Å²) in [6.07, 6.45) is 4.05. The number of benzene rings is 1. The highest BCUT2D eigenvalue weighted by Gasteiger charge is 2.16. The highest BCUT2D eigenvalue weighted by molar-refractivity contribution is 5.95. The van der Waals surface area contributed by atoms with Crippen LogP contribution in [0.1, 0.15) is 39.8 Å². The Morgan fingerprint density at radius 1 is 1.16 bits per heavy atom. The van der Waals surface area contributed by atoms with Crippen LogP contribution < -0.4 is 4.74 Å². The number of carbonyl (C=O) groups is 1. The lowest BCUT2D eigenvalue weighted by molar-refractivity contribution is 0.101. The first-order valence-electron chi connectivity index (χ1n) is 8.14. The first-order chi connectivity index (χ1) is 12.0. The van der Waals surface area contributed by atoms with Crippen molar-refractivity contribution in [2.75, 3.05) is 7.11 Å². The monoisotopic (exact) mass is 335 g/mol. The molecule has 0 saturated carbocycles. The molecule has 0 radical (unpaired) electrons. The lowest BCUT2D eigenvalue weighted by atomic mass is 9.99. The molecule has 0 N–H and O–H groups in total. The van der Waals surface area contributed by atoms with Gasteiger partial charge in [-0.3, -0.25) is 9.78 Å². The summed E-state index contributed by atoms with van der Waals surface area (Å²) in [5.41, 5.74) is 5.74. The van der Waals surface area contributed by atoms with Gasteiger partial charge >= 0.3 is 0 Å². The van der Waals surface area contributed by atoms with Crippen LogP contribution in [0.3, 0.4) is 0 Å². The number of aromatic nitrogens is 3. The van der Waals surface area contributed by atoms with Gasteiger partial charge in [0.2, 0.25) is 0 Å². The predicted octanol–water partition coefficient (Wildman–Crippen LogP) is 3.69. The molecular formula is C20H21N3O2. The number of nitrogens with zero attached hydrogens (tertiary/aromatic N) is 3. The molecule has 25 heavy (non-hydrogen) atoms. The van der Waals surface area contributed by atoms with E-state index in [1.165, 1.54) is 0 Å². The molecule has 5 heteroatoms. The molecule has 0 spiro atoms. The van der Waals surface area contributed by atoms with Crippen LogP contribution in [0, 0.1) is 13.8 Å². The van der Waals surface area contributed by atoms with Crippen molar-refractivity contribution in [3.05, 3.63) is 70.8 Å². The molecule has 0 bridgehead atoms. The van der Waals surface area contributed by atoms with E-state index in [1.807, 2.05) is 42.8 Å². The Labute approximate surface area is 147 Å². The molecule has 3 aromatic rings. The van der Waals surface area contributed by atoms with Gasteiger partial charge in [0.05, 0.1) is 18.5 Å². The van der Waals surface area contributed by atoms with Crippen molar-refractivity contribution < 1.29 is 9.53 Å². The van der Waals surface area contributed by atoms with Crippen molar-refractivity contribution in [2.24, 2.45) is 0 Å². The molecule has 0 aliphatic rings. The molecule has 5 nitrogen and oxygen atoms in total. The minimum absolute atomic E-state index is 0.0512. The first-order valence-corrected chi connectivity index (χ1v) is 8.14. The molecule has 2 aromatic heterocycles. The first kappa shape index (κ1) is 16.9. The second-order valence-electron chi connectivity index (χ2n) is 6.02. The fourth-order valence-electron chi connectivity index (χ4n) is 3.01. The minimum atomic E-state index is 0.0512. The van der Waals surface area contributed by atoms with Gasteiger partial charge in [-0.1, -0.05) is 0 Å². The van der Waals surface area contributed by atoms with E-state index in [1.54, 1.807) is 32.5 Å². The SMILES string of the molecule is COc1ccc(-n2nc(C)c(Cc3cnccc3C(C)=O)c2C)cc1. The number of aryl methyl sites for hydroxylation is 1. The molecule has 0 unspecified atom stereocenters. The van der Waals surface area contributed by atoms with Gasteiger partial charge in [-0.05, 0) is 56.7 Å². The highest BCUT2D eigenvalue weighted by atomic mass is 16.5. The Balaban J connectivity index is 1.99. The van der Waals surface area contributed by atoms with Gasteiger partial charge in [0.25, 0.3) is 0 Å². The zero-order valence-electron chi connectivity index (χ0n) is 14.9. The number of pyridine rings is 1. The van der Waals surface area contributed by atoms with Gasteiger partial charge < -0.3 is 4.74 Å². The lowest BCUT2D eigenvalue weighted by Crippen LogP contribution is -2.03. The maximum Gasteiger partial charge on any atom is 0.160 e. The third kappa shape index (κ3) is 3.31. The molecular weight excluding hydrogens is 314 g/mol. The molecule has 1 aromatic carbocycles. The number of rotatable bonds is 5. The summed E-state index contributed by atoms with van der Waals surface area (Å²) in [7, 11) is 1.65. The zero-order chi connectivity index (χ0) is 18.0. The number of carbonyl (C=O) groups excluding carboxylic acids is 1. The summed E-state index contributed by atoms with van der Waals surface area (Å²) in [4.78, 5) is 16.0. The maximum absolute atomic E-state index is 11.9.